The molecule has 2 rings (SSSR count). The molecule has 0 heterocycles. The SMILES string of the molecule is N#CC(C(=O)C1CC1)c1cccc(Cl)c1. The highest BCUT2D eigenvalue weighted by atomic mass is 35.5. The third-order valence-electron chi connectivity index (χ3n) is 2.58. The van der Waals surface area contributed by atoms with Crippen molar-refractivity contribution in [2.24, 2.45) is 5.92 Å². The molecule has 0 bridgehead atoms. The number of Topliss-reactive ketones (excluding diaryl/α,β-unsaturated/α-hetero) is 1. The van der Waals surface area contributed by atoms with E-state index in [2.05, 4.69) is 6.07 Å². The van der Waals surface area contributed by atoms with E-state index >= 15 is 0 Å². The van der Waals surface area contributed by atoms with Crippen molar-refractivity contribution in [2.45, 2.75) is 18.8 Å². The number of nitriles is 1. The van der Waals surface area contributed by atoms with Gasteiger partial charge in [0.25, 0.3) is 0 Å². The zero-order valence-electron chi connectivity index (χ0n) is 8.11. The summed E-state index contributed by atoms with van der Waals surface area (Å²) in [5.74, 6) is -0.496. The van der Waals surface area contributed by atoms with Crippen LogP contribution >= 0.6 is 11.6 Å². The summed E-state index contributed by atoms with van der Waals surface area (Å²) in [5, 5.41) is 9.57. The molecular weight excluding hydrogens is 210 g/mol. The number of carbonyl (C=O) groups is 1. The summed E-state index contributed by atoms with van der Waals surface area (Å²) in [6, 6.07) is 9.03. The Labute approximate surface area is 93.5 Å². The van der Waals surface area contributed by atoms with Crippen LogP contribution in [0, 0.1) is 17.2 Å². The molecule has 1 atom stereocenters. The summed E-state index contributed by atoms with van der Waals surface area (Å²) >= 11 is 5.83. The number of hydrogen-bond donors (Lipinski definition) is 0. The lowest BCUT2D eigenvalue weighted by Gasteiger charge is -2.07. The molecule has 0 aromatic heterocycles. The molecule has 0 radical (unpaired) electrons. The number of ketones is 1. The van der Waals surface area contributed by atoms with Crippen LogP contribution in [0.4, 0.5) is 0 Å². The smallest absolute Gasteiger partial charge is 0.157 e. The highest BCUT2D eigenvalue weighted by Gasteiger charge is 2.35. The van der Waals surface area contributed by atoms with Crippen LogP contribution in [-0.2, 0) is 4.79 Å². The Morgan fingerprint density at radius 3 is 2.80 bits per heavy atom. The van der Waals surface area contributed by atoms with Gasteiger partial charge in [-0.2, -0.15) is 5.26 Å². The lowest BCUT2D eigenvalue weighted by atomic mass is 9.94. The molecule has 1 unspecified atom stereocenters. The maximum Gasteiger partial charge on any atom is 0.157 e. The fraction of sp³-hybridized carbons (Fsp3) is 0.333. The predicted molar refractivity (Wildman–Crippen MR) is 57.5 cm³/mol. The van der Waals surface area contributed by atoms with Crippen molar-refractivity contribution in [3.05, 3.63) is 34.9 Å². The summed E-state index contributed by atoms with van der Waals surface area (Å²) in [4.78, 5) is 11.8. The fourth-order valence-electron chi connectivity index (χ4n) is 1.59. The Kier molecular flexibility index (Phi) is 2.75. The molecule has 0 N–H and O–H groups in total. The van der Waals surface area contributed by atoms with Crippen molar-refractivity contribution in [3.8, 4) is 6.07 Å². The van der Waals surface area contributed by atoms with Crippen molar-refractivity contribution >= 4 is 17.4 Å². The Balaban J connectivity index is 2.26. The second-order valence-electron chi connectivity index (χ2n) is 3.79. The number of carbonyl (C=O) groups excluding carboxylic acids is 1. The van der Waals surface area contributed by atoms with Gasteiger partial charge in [0.2, 0.25) is 0 Å². The Bertz CT molecular complexity index is 431. The average Bonchev–Trinajstić information content (AvgIpc) is 3.02. The van der Waals surface area contributed by atoms with Crippen LogP contribution in [0.5, 0.6) is 0 Å². The van der Waals surface area contributed by atoms with E-state index in [4.69, 9.17) is 16.9 Å². The van der Waals surface area contributed by atoms with Crippen LogP contribution in [0.25, 0.3) is 0 Å². The van der Waals surface area contributed by atoms with Crippen molar-refractivity contribution in [1.82, 2.24) is 0 Å². The maximum absolute atomic E-state index is 11.8. The molecule has 0 aliphatic heterocycles. The maximum atomic E-state index is 11.8. The first kappa shape index (κ1) is 10.2. The number of nitrogens with zero attached hydrogens (tertiary/aromatic N) is 1. The number of hydrogen-bond acceptors (Lipinski definition) is 2. The van der Waals surface area contributed by atoms with Gasteiger partial charge in [0.1, 0.15) is 5.92 Å². The molecule has 1 aromatic carbocycles. The average molecular weight is 220 g/mol. The van der Waals surface area contributed by atoms with Gasteiger partial charge in [-0.05, 0) is 30.5 Å². The van der Waals surface area contributed by atoms with Crippen LogP contribution < -0.4 is 0 Å². The number of rotatable bonds is 3. The molecule has 1 saturated carbocycles. The van der Waals surface area contributed by atoms with Crippen LogP contribution in [0.15, 0.2) is 24.3 Å². The van der Waals surface area contributed by atoms with Gasteiger partial charge in [0, 0.05) is 10.9 Å². The molecule has 1 aliphatic rings. The van der Waals surface area contributed by atoms with Crippen LogP contribution in [0.1, 0.15) is 24.3 Å². The molecule has 76 valence electrons. The summed E-state index contributed by atoms with van der Waals surface area (Å²) < 4.78 is 0. The second kappa shape index (κ2) is 4.04. The molecule has 0 spiro atoms. The van der Waals surface area contributed by atoms with Crippen LogP contribution in [0.2, 0.25) is 5.02 Å². The van der Waals surface area contributed by atoms with Gasteiger partial charge in [0.05, 0.1) is 6.07 Å². The zero-order chi connectivity index (χ0) is 10.8. The predicted octanol–water partition coefficient (Wildman–Crippen LogP) is 2.93. The lowest BCUT2D eigenvalue weighted by molar-refractivity contribution is -0.120. The van der Waals surface area contributed by atoms with E-state index in [1.54, 1.807) is 24.3 Å². The zero-order valence-corrected chi connectivity index (χ0v) is 8.87. The van der Waals surface area contributed by atoms with Crippen LogP contribution in [-0.4, -0.2) is 5.78 Å². The quantitative estimate of drug-likeness (QED) is 0.784. The van der Waals surface area contributed by atoms with Gasteiger partial charge >= 0.3 is 0 Å². The fourth-order valence-corrected chi connectivity index (χ4v) is 1.79. The number of benzene rings is 1. The van der Waals surface area contributed by atoms with Gasteiger partial charge in [-0.15, -0.1) is 0 Å². The first-order valence-corrected chi connectivity index (χ1v) is 5.29. The van der Waals surface area contributed by atoms with Crippen molar-refractivity contribution < 1.29 is 4.79 Å². The van der Waals surface area contributed by atoms with Crippen molar-refractivity contribution in [2.75, 3.05) is 0 Å². The van der Waals surface area contributed by atoms with E-state index in [-0.39, 0.29) is 11.7 Å². The molecule has 1 aromatic rings. The monoisotopic (exact) mass is 219 g/mol. The molecule has 1 aliphatic carbocycles. The van der Waals surface area contributed by atoms with Crippen molar-refractivity contribution in [3.63, 3.8) is 0 Å². The van der Waals surface area contributed by atoms with Gasteiger partial charge < -0.3 is 0 Å². The molecular formula is C12H10ClNO. The van der Waals surface area contributed by atoms with Gasteiger partial charge in [-0.25, -0.2) is 0 Å². The van der Waals surface area contributed by atoms with E-state index in [0.29, 0.717) is 10.6 Å². The van der Waals surface area contributed by atoms with E-state index in [1.807, 2.05) is 0 Å². The Morgan fingerprint density at radius 2 is 2.27 bits per heavy atom. The van der Waals surface area contributed by atoms with Gasteiger partial charge in [-0.3, -0.25) is 4.79 Å². The third kappa shape index (κ3) is 2.19. The van der Waals surface area contributed by atoms with E-state index in [9.17, 15) is 4.79 Å². The minimum absolute atomic E-state index is 0.0415. The van der Waals surface area contributed by atoms with E-state index < -0.39 is 5.92 Å². The van der Waals surface area contributed by atoms with Crippen molar-refractivity contribution in [1.29, 1.82) is 5.26 Å². The Morgan fingerprint density at radius 1 is 1.53 bits per heavy atom. The summed E-state index contributed by atoms with van der Waals surface area (Å²) in [6.07, 6.45) is 1.86. The lowest BCUT2D eigenvalue weighted by Crippen LogP contribution is -2.12. The summed E-state index contributed by atoms with van der Waals surface area (Å²) in [6.45, 7) is 0. The highest BCUT2D eigenvalue weighted by molar-refractivity contribution is 6.30. The minimum atomic E-state index is -0.642. The van der Waals surface area contributed by atoms with Crippen LogP contribution in [0.3, 0.4) is 0 Å². The second-order valence-corrected chi connectivity index (χ2v) is 4.23. The highest BCUT2D eigenvalue weighted by Crippen LogP contribution is 2.35. The standard InChI is InChI=1S/C12H10ClNO/c13-10-3-1-2-9(6-10)11(7-14)12(15)8-4-5-8/h1-3,6,8,11H,4-5H2. The molecule has 3 heteroatoms. The molecule has 0 amide bonds. The number of halogens is 1. The normalized spacial score (nSPS) is 16.8. The van der Waals surface area contributed by atoms with Gasteiger partial charge in [0.15, 0.2) is 5.78 Å². The first-order valence-electron chi connectivity index (χ1n) is 4.91. The largest absolute Gasteiger partial charge is 0.298 e. The topological polar surface area (TPSA) is 40.9 Å². The molecule has 0 saturated heterocycles. The Hall–Kier alpha value is -1.33. The molecule has 1 fully saturated rings. The first-order chi connectivity index (χ1) is 7.22. The summed E-state index contributed by atoms with van der Waals surface area (Å²) in [7, 11) is 0. The molecule has 15 heavy (non-hydrogen) atoms. The minimum Gasteiger partial charge on any atom is -0.298 e. The van der Waals surface area contributed by atoms with E-state index in [0.717, 1.165) is 12.8 Å². The third-order valence-corrected chi connectivity index (χ3v) is 2.81. The van der Waals surface area contributed by atoms with E-state index in [1.165, 1.54) is 0 Å². The summed E-state index contributed by atoms with van der Waals surface area (Å²) in [5.41, 5.74) is 0.710. The molecule has 2 nitrogen and oxygen atoms in total. The van der Waals surface area contributed by atoms with Gasteiger partial charge in [-0.1, -0.05) is 23.7 Å².